The van der Waals surface area contributed by atoms with Gasteiger partial charge in [-0.15, -0.1) is 0 Å². The van der Waals surface area contributed by atoms with Crippen molar-refractivity contribution < 1.29 is 0 Å². The number of para-hydroxylation sites is 1. The highest BCUT2D eigenvalue weighted by atomic mass is 15.1. The van der Waals surface area contributed by atoms with Crippen LogP contribution in [-0.2, 0) is 5.54 Å². The van der Waals surface area contributed by atoms with E-state index in [9.17, 15) is 0 Å². The van der Waals surface area contributed by atoms with Crippen molar-refractivity contribution in [2.45, 2.75) is 26.3 Å². The number of fused-ring (bicyclic) bond motifs is 6. The van der Waals surface area contributed by atoms with Crippen LogP contribution in [-0.4, -0.2) is 4.57 Å². The fraction of sp³-hybridized carbons (Fsp3) is 0.0690. The molecule has 0 atom stereocenters. The summed E-state index contributed by atoms with van der Waals surface area (Å²) in [4.78, 5) is 2.41. The third-order valence-corrected chi connectivity index (χ3v) is 12.2. The maximum Gasteiger partial charge on any atom is 0.0497 e. The van der Waals surface area contributed by atoms with Gasteiger partial charge in [0.1, 0.15) is 0 Å². The van der Waals surface area contributed by atoms with Crippen LogP contribution >= 0.6 is 0 Å². The van der Waals surface area contributed by atoms with Crippen molar-refractivity contribution in [3.63, 3.8) is 0 Å². The van der Waals surface area contributed by atoms with Crippen LogP contribution in [0.3, 0.4) is 0 Å². The van der Waals surface area contributed by atoms with Crippen LogP contribution in [0.5, 0.6) is 0 Å². The van der Waals surface area contributed by atoms with Gasteiger partial charge in [-0.2, -0.15) is 0 Å². The number of rotatable bonds is 6. The lowest BCUT2D eigenvalue weighted by Gasteiger charge is -2.27. The molecule has 0 aliphatic heterocycles. The molecular weight excluding hydrogens is 725 g/mol. The number of anilines is 3. The Morgan fingerprint density at radius 1 is 0.333 bits per heavy atom. The zero-order chi connectivity index (χ0) is 40.4. The molecule has 0 fully saturated rings. The number of benzene rings is 10. The monoisotopic (exact) mass is 768 g/mol. The summed E-state index contributed by atoms with van der Waals surface area (Å²) in [5.74, 6) is 0. The molecule has 0 amide bonds. The van der Waals surface area contributed by atoms with Crippen LogP contribution in [0.15, 0.2) is 212 Å². The van der Waals surface area contributed by atoms with E-state index < -0.39 is 0 Å². The zero-order valence-corrected chi connectivity index (χ0v) is 34.1. The maximum absolute atomic E-state index is 2.48. The molecule has 0 radical (unpaired) electrons. The second-order valence-corrected chi connectivity index (χ2v) is 16.9. The summed E-state index contributed by atoms with van der Waals surface area (Å²) in [6.45, 7) is 6.87. The fourth-order valence-corrected chi connectivity index (χ4v) is 9.67. The molecule has 2 heteroatoms. The van der Waals surface area contributed by atoms with Gasteiger partial charge in [-0.25, -0.2) is 0 Å². The summed E-state index contributed by atoms with van der Waals surface area (Å²) >= 11 is 0. The van der Waals surface area contributed by atoms with E-state index in [1.807, 2.05) is 0 Å². The third-order valence-electron chi connectivity index (χ3n) is 12.2. The van der Waals surface area contributed by atoms with E-state index in [1.54, 1.807) is 0 Å². The van der Waals surface area contributed by atoms with E-state index >= 15 is 0 Å². The maximum atomic E-state index is 2.48. The molecule has 0 aliphatic rings. The van der Waals surface area contributed by atoms with Crippen LogP contribution in [0.25, 0.3) is 87.5 Å². The molecule has 11 rings (SSSR count). The van der Waals surface area contributed by atoms with Gasteiger partial charge in [-0.05, 0) is 135 Å². The van der Waals surface area contributed by atoms with Crippen LogP contribution in [0.4, 0.5) is 17.1 Å². The minimum Gasteiger partial charge on any atom is -0.335 e. The van der Waals surface area contributed by atoms with Gasteiger partial charge in [0.25, 0.3) is 0 Å². The molecule has 0 spiro atoms. The molecule has 0 saturated carbocycles. The topological polar surface area (TPSA) is 8.17 Å². The molecule has 0 aliphatic carbocycles. The zero-order valence-electron chi connectivity index (χ0n) is 34.1. The molecule has 1 aromatic heterocycles. The Kier molecular flexibility index (Phi) is 8.42. The third kappa shape index (κ3) is 5.87. The standard InChI is InChI=1S/C58H44N2/c1-58(2,3)60-54-27-14-13-21-48(54)53-38-45(36-37-55(53)60)59(43-32-28-40(29-33-43)47-26-15-19-39-16-7-8-20-46(39)47)44-34-30-42(31-35-44)57-51-24-11-9-22-49(51)56(41-17-5-4-6-18-41)50-23-10-12-25-52(50)57/h4-38H,1-3H3. The molecule has 0 bridgehead atoms. The molecule has 10 aromatic carbocycles. The Hall–Kier alpha value is -7.42. The molecule has 286 valence electrons. The van der Waals surface area contributed by atoms with Crippen molar-refractivity contribution in [3.8, 4) is 33.4 Å². The predicted molar refractivity (Wildman–Crippen MR) is 258 cm³/mol. The Bertz CT molecular complexity index is 3320. The molecule has 2 nitrogen and oxygen atoms in total. The fourth-order valence-electron chi connectivity index (χ4n) is 9.67. The Morgan fingerprint density at radius 2 is 0.783 bits per heavy atom. The van der Waals surface area contributed by atoms with Crippen LogP contribution < -0.4 is 4.90 Å². The van der Waals surface area contributed by atoms with Gasteiger partial charge in [0.15, 0.2) is 0 Å². The first-order valence-electron chi connectivity index (χ1n) is 20.9. The number of hydrogen-bond acceptors (Lipinski definition) is 1. The highest BCUT2D eigenvalue weighted by molar-refractivity contribution is 6.21. The molecule has 0 saturated heterocycles. The number of nitrogens with zero attached hydrogens (tertiary/aromatic N) is 2. The quantitative estimate of drug-likeness (QED) is 0.153. The Labute approximate surface area is 351 Å². The Morgan fingerprint density at radius 3 is 1.38 bits per heavy atom. The molecule has 0 N–H and O–H groups in total. The summed E-state index contributed by atoms with van der Waals surface area (Å²) in [5, 5.41) is 10.1. The molecular formula is C58H44N2. The van der Waals surface area contributed by atoms with E-state index in [4.69, 9.17) is 0 Å². The molecule has 1 heterocycles. The van der Waals surface area contributed by atoms with E-state index in [2.05, 4.69) is 243 Å². The van der Waals surface area contributed by atoms with Crippen LogP contribution in [0.2, 0.25) is 0 Å². The number of aromatic nitrogens is 1. The smallest absolute Gasteiger partial charge is 0.0497 e. The van der Waals surface area contributed by atoms with Crippen LogP contribution in [0, 0.1) is 0 Å². The van der Waals surface area contributed by atoms with Gasteiger partial charge in [0.2, 0.25) is 0 Å². The number of hydrogen-bond donors (Lipinski definition) is 0. The average molecular weight is 769 g/mol. The summed E-state index contributed by atoms with van der Waals surface area (Å²) in [7, 11) is 0. The second-order valence-electron chi connectivity index (χ2n) is 16.9. The van der Waals surface area contributed by atoms with Crippen molar-refractivity contribution in [3.05, 3.63) is 212 Å². The summed E-state index contributed by atoms with van der Waals surface area (Å²) in [6.07, 6.45) is 0. The van der Waals surface area contributed by atoms with Gasteiger partial charge in [-0.3, -0.25) is 0 Å². The minimum absolute atomic E-state index is 0.0799. The van der Waals surface area contributed by atoms with Crippen molar-refractivity contribution in [2.24, 2.45) is 0 Å². The normalized spacial score (nSPS) is 11.9. The lowest BCUT2D eigenvalue weighted by molar-refractivity contribution is 0.423. The minimum atomic E-state index is -0.0799. The highest BCUT2D eigenvalue weighted by Gasteiger charge is 2.23. The van der Waals surface area contributed by atoms with Gasteiger partial charge in [0, 0.05) is 44.4 Å². The first-order valence-corrected chi connectivity index (χ1v) is 20.9. The summed E-state index contributed by atoms with van der Waals surface area (Å²) < 4.78 is 2.48. The van der Waals surface area contributed by atoms with E-state index in [0.717, 1.165) is 17.1 Å². The summed E-state index contributed by atoms with van der Waals surface area (Å²) in [6, 6.07) is 77.9. The Balaban J connectivity index is 1.09. The van der Waals surface area contributed by atoms with Crippen molar-refractivity contribution in [1.82, 2.24) is 4.57 Å². The van der Waals surface area contributed by atoms with E-state index in [1.165, 1.54) is 87.5 Å². The van der Waals surface area contributed by atoms with Gasteiger partial charge >= 0.3 is 0 Å². The predicted octanol–water partition coefficient (Wildman–Crippen LogP) is 16.5. The van der Waals surface area contributed by atoms with E-state index in [-0.39, 0.29) is 5.54 Å². The molecule has 60 heavy (non-hydrogen) atoms. The first-order chi connectivity index (χ1) is 29.4. The molecule has 11 aromatic rings. The average Bonchev–Trinajstić information content (AvgIpc) is 3.64. The van der Waals surface area contributed by atoms with Crippen LogP contribution in [0.1, 0.15) is 20.8 Å². The largest absolute Gasteiger partial charge is 0.335 e. The van der Waals surface area contributed by atoms with Crippen molar-refractivity contribution in [2.75, 3.05) is 4.90 Å². The second kappa shape index (κ2) is 14.1. The van der Waals surface area contributed by atoms with Gasteiger partial charge < -0.3 is 9.47 Å². The van der Waals surface area contributed by atoms with Crippen molar-refractivity contribution >= 4 is 71.2 Å². The lowest BCUT2D eigenvalue weighted by Crippen LogP contribution is -2.21. The van der Waals surface area contributed by atoms with Gasteiger partial charge in [0.05, 0.1) is 0 Å². The van der Waals surface area contributed by atoms with E-state index in [0.29, 0.717) is 0 Å². The molecule has 0 unspecified atom stereocenters. The first kappa shape index (κ1) is 35.7. The summed E-state index contributed by atoms with van der Waals surface area (Å²) in [5.41, 5.74) is 13.2. The van der Waals surface area contributed by atoms with Gasteiger partial charge in [-0.1, -0.05) is 164 Å². The highest BCUT2D eigenvalue weighted by Crippen LogP contribution is 2.46. The SMILES string of the molecule is CC(C)(C)n1c2ccccc2c2cc(N(c3ccc(-c4cccc5ccccc45)cc3)c3ccc(-c4c5ccccc5c(-c5ccccc5)c5ccccc45)cc3)ccc21. The van der Waals surface area contributed by atoms with Crippen molar-refractivity contribution in [1.29, 1.82) is 0 Å². The lowest BCUT2D eigenvalue weighted by atomic mass is 9.86.